The number of carbonyl (C=O) groups excluding carboxylic acids is 1. The summed E-state index contributed by atoms with van der Waals surface area (Å²) in [5.74, 6) is -0.585. The van der Waals surface area contributed by atoms with Gasteiger partial charge in [-0.3, -0.25) is 0 Å². The van der Waals surface area contributed by atoms with Gasteiger partial charge in [0.15, 0.2) is 0 Å². The Morgan fingerprint density at radius 3 is 2.18 bits per heavy atom. The molecule has 1 amide bonds. The number of nitrogens with one attached hydrogen (secondary N) is 1. The average Bonchev–Trinajstić information content (AvgIpc) is 3.09. The molecule has 4 rings (SSSR count). The molecule has 170 valence electrons. The molecular weight excluding hydrogens is 452 g/mol. The van der Waals surface area contributed by atoms with E-state index in [9.17, 15) is 27.1 Å². The molecule has 0 bridgehead atoms. The number of rotatable bonds is 7. The van der Waals surface area contributed by atoms with Gasteiger partial charge in [-0.05, 0) is 45.4 Å². The van der Waals surface area contributed by atoms with Crippen LogP contribution in [0.25, 0.3) is 11.1 Å². The number of alkyl carbamates (subject to hydrolysis) is 1. The summed E-state index contributed by atoms with van der Waals surface area (Å²) in [4.78, 5) is 12.3. The Labute approximate surface area is 190 Å². The van der Waals surface area contributed by atoms with Gasteiger partial charge in [0, 0.05) is 12.5 Å². The monoisotopic (exact) mass is 471 g/mol. The molecule has 3 aromatic carbocycles. The predicted molar refractivity (Wildman–Crippen MR) is 119 cm³/mol. The number of ether oxygens (including phenoxy) is 1. The van der Waals surface area contributed by atoms with Crippen molar-refractivity contribution >= 4 is 29.2 Å². The smallest absolute Gasteiger partial charge is 0.449 e. The molecule has 0 saturated heterocycles. The minimum Gasteiger partial charge on any atom is -0.449 e. The summed E-state index contributed by atoms with van der Waals surface area (Å²) in [5.41, 5.74) is 4.41. The third kappa shape index (κ3) is 5.33. The second-order valence-electron chi connectivity index (χ2n) is 7.44. The summed E-state index contributed by atoms with van der Waals surface area (Å²) in [6.07, 6.45) is -0.729. The minimum absolute atomic E-state index is 0.101. The lowest BCUT2D eigenvalue weighted by molar-refractivity contribution is 0.142. The Balaban J connectivity index is 1.42. The quantitative estimate of drug-likeness (QED) is 0.356. The zero-order valence-electron chi connectivity index (χ0n) is 17.1. The lowest BCUT2D eigenvalue weighted by Crippen LogP contribution is -2.31. The highest BCUT2D eigenvalue weighted by Crippen LogP contribution is 2.44. The normalized spacial score (nSPS) is 12.6. The fourth-order valence-electron chi connectivity index (χ4n) is 3.92. The summed E-state index contributed by atoms with van der Waals surface area (Å²) in [6.45, 7) is -0.0519. The van der Waals surface area contributed by atoms with E-state index in [1.807, 2.05) is 48.5 Å². The summed E-state index contributed by atoms with van der Waals surface area (Å²) in [7, 11) is -7.26. The van der Waals surface area contributed by atoms with Crippen LogP contribution in [0.15, 0.2) is 66.7 Å². The van der Waals surface area contributed by atoms with E-state index in [4.69, 9.17) is 4.74 Å². The van der Waals surface area contributed by atoms with Gasteiger partial charge in [0.25, 0.3) is 0 Å². The van der Waals surface area contributed by atoms with Crippen LogP contribution < -0.4 is 15.0 Å². The van der Waals surface area contributed by atoms with Crippen molar-refractivity contribution in [2.75, 3.05) is 6.61 Å². The van der Waals surface area contributed by atoms with Gasteiger partial charge in [-0.2, -0.15) is 8.42 Å². The fourth-order valence-corrected chi connectivity index (χ4v) is 4.25. The molecule has 1 aliphatic carbocycles. The van der Waals surface area contributed by atoms with Crippen molar-refractivity contribution in [3.8, 4) is 16.9 Å². The van der Waals surface area contributed by atoms with Crippen LogP contribution in [0.5, 0.6) is 5.75 Å². The van der Waals surface area contributed by atoms with E-state index in [0.29, 0.717) is 0 Å². The first-order valence-electron chi connectivity index (χ1n) is 9.94. The van der Waals surface area contributed by atoms with Crippen LogP contribution in [0.3, 0.4) is 0 Å². The highest BCUT2D eigenvalue weighted by Gasteiger charge is 2.29. The number of fused-ring (bicyclic) bond motifs is 3. The molecule has 0 atom stereocenters. The Bertz CT molecular complexity index is 1250. The second-order valence-corrected chi connectivity index (χ2v) is 8.39. The highest BCUT2D eigenvalue weighted by molar-refractivity contribution is 7.81. The number of benzene rings is 3. The largest absolute Gasteiger partial charge is 0.488 e. The van der Waals surface area contributed by atoms with E-state index in [-0.39, 0.29) is 30.1 Å². The molecule has 11 heteroatoms. The van der Waals surface area contributed by atoms with E-state index in [2.05, 4.69) is 9.50 Å². The van der Waals surface area contributed by atoms with Crippen molar-refractivity contribution in [2.45, 2.75) is 12.5 Å². The van der Waals surface area contributed by atoms with Gasteiger partial charge in [-0.1, -0.05) is 58.5 Å². The van der Waals surface area contributed by atoms with Crippen molar-refractivity contribution in [3.63, 3.8) is 0 Å². The summed E-state index contributed by atoms with van der Waals surface area (Å²) >= 11 is 0. The molecule has 0 radical (unpaired) electrons. The van der Waals surface area contributed by atoms with E-state index in [1.165, 1.54) is 6.07 Å². The molecule has 1 aliphatic rings. The van der Waals surface area contributed by atoms with Gasteiger partial charge < -0.3 is 24.3 Å². The molecule has 3 N–H and O–H groups in total. The molecule has 0 heterocycles. The molecular formula is C22H19BFNO7S. The van der Waals surface area contributed by atoms with Gasteiger partial charge in [-0.15, -0.1) is 0 Å². The van der Waals surface area contributed by atoms with Crippen molar-refractivity contribution < 1.29 is 36.1 Å². The number of amides is 1. The van der Waals surface area contributed by atoms with Gasteiger partial charge in [-0.25, -0.2) is 4.79 Å². The summed E-state index contributed by atoms with van der Waals surface area (Å²) in [6, 6.07) is 19.2. The highest BCUT2D eigenvalue weighted by atomic mass is 32.3. The van der Waals surface area contributed by atoms with Gasteiger partial charge in [0.1, 0.15) is 12.4 Å². The summed E-state index contributed by atoms with van der Waals surface area (Å²) in [5, 5.41) is 21.2. The minimum atomic E-state index is -5.31. The van der Waals surface area contributed by atoms with Crippen molar-refractivity contribution in [1.82, 2.24) is 5.32 Å². The van der Waals surface area contributed by atoms with Gasteiger partial charge in [0.05, 0.1) is 0 Å². The maximum absolute atomic E-state index is 12.8. The zero-order valence-corrected chi connectivity index (χ0v) is 18.0. The molecule has 3 aromatic rings. The molecule has 0 saturated carbocycles. The molecule has 0 fully saturated rings. The Hall–Kier alpha value is -3.41. The zero-order chi connectivity index (χ0) is 23.6. The number of hydrogen-bond donors (Lipinski definition) is 3. The number of carbonyl (C=O) groups is 1. The van der Waals surface area contributed by atoms with E-state index < -0.39 is 29.5 Å². The van der Waals surface area contributed by atoms with E-state index in [0.717, 1.165) is 34.4 Å². The van der Waals surface area contributed by atoms with E-state index in [1.54, 1.807) is 0 Å². The summed E-state index contributed by atoms with van der Waals surface area (Å²) < 4.78 is 43.9. The lowest BCUT2D eigenvalue weighted by atomic mass is 9.79. The van der Waals surface area contributed by atoms with Gasteiger partial charge in [0.2, 0.25) is 0 Å². The van der Waals surface area contributed by atoms with Crippen LogP contribution in [0.4, 0.5) is 8.68 Å². The maximum atomic E-state index is 12.8. The average molecular weight is 471 g/mol. The standard InChI is InChI=1S/C22H19BFNO7S/c24-33(29,30)32-16-10-14(9-15(11-16)23(27)28)12-25-22(26)31-13-21-19-7-3-1-5-17(19)18-6-2-4-8-20(18)21/h1-11,21,27-28H,12-13H2,(H,25,26). The van der Waals surface area contributed by atoms with Crippen molar-refractivity contribution in [3.05, 3.63) is 83.4 Å². The van der Waals surface area contributed by atoms with Crippen LogP contribution in [0.2, 0.25) is 0 Å². The van der Waals surface area contributed by atoms with Crippen LogP contribution in [0.1, 0.15) is 22.6 Å². The van der Waals surface area contributed by atoms with E-state index >= 15 is 0 Å². The Kier molecular flexibility index (Phi) is 6.36. The number of hydrogen-bond acceptors (Lipinski definition) is 7. The maximum Gasteiger partial charge on any atom is 0.488 e. The van der Waals surface area contributed by atoms with Gasteiger partial charge >= 0.3 is 23.7 Å². The number of halogens is 1. The third-order valence-electron chi connectivity index (χ3n) is 5.26. The van der Waals surface area contributed by atoms with Crippen molar-refractivity contribution in [2.24, 2.45) is 0 Å². The molecule has 0 unspecified atom stereocenters. The lowest BCUT2D eigenvalue weighted by Gasteiger charge is -2.15. The van der Waals surface area contributed by atoms with Crippen molar-refractivity contribution in [1.29, 1.82) is 0 Å². The molecule has 33 heavy (non-hydrogen) atoms. The molecule has 0 spiro atoms. The fraction of sp³-hybridized carbons (Fsp3) is 0.136. The molecule has 0 aromatic heterocycles. The molecule has 8 nitrogen and oxygen atoms in total. The first kappa shape index (κ1) is 22.8. The van der Waals surface area contributed by atoms with Crippen LogP contribution in [0, 0.1) is 0 Å². The second kappa shape index (κ2) is 9.22. The topological polar surface area (TPSA) is 122 Å². The van der Waals surface area contributed by atoms with Crippen LogP contribution in [-0.4, -0.2) is 38.3 Å². The molecule has 0 aliphatic heterocycles. The third-order valence-corrected chi connectivity index (χ3v) is 5.65. The van der Waals surface area contributed by atoms with Crippen LogP contribution in [-0.2, 0) is 21.8 Å². The predicted octanol–water partition coefficient (Wildman–Crippen LogP) is 2.00. The first-order chi connectivity index (χ1) is 15.7. The first-order valence-corrected chi connectivity index (χ1v) is 11.2. The Morgan fingerprint density at radius 2 is 1.61 bits per heavy atom. The SMILES string of the molecule is O=C(NCc1cc(OS(=O)(=O)F)cc(B(O)O)c1)OCC1c2ccccc2-c2ccccc21. The Morgan fingerprint density at radius 1 is 1.00 bits per heavy atom. The van der Waals surface area contributed by atoms with Crippen LogP contribution >= 0.6 is 0 Å².